The van der Waals surface area contributed by atoms with Gasteiger partial charge < -0.3 is 5.32 Å². The van der Waals surface area contributed by atoms with Crippen molar-refractivity contribution in [3.8, 4) is 0 Å². The van der Waals surface area contributed by atoms with Gasteiger partial charge in [0.05, 0.1) is 4.90 Å². The molecule has 1 aromatic carbocycles. The molecule has 126 valence electrons. The van der Waals surface area contributed by atoms with Gasteiger partial charge in [-0.25, -0.2) is 13.4 Å². The van der Waals surface area contributed by atoms with Crippen molar-refractivity contribution in [2.45, 2.75) is 42.8 Å². The van der Waals surface area contributed by atoms with E-state index < -0.39 is 20.5 Å². The van der Waals surface area contributed by atoms with Gasteiger partial charge in [-0.15, -0.1) is 0 Å². The molecule has 2 aromatic rings. The van der Waals surface area contributed by atoms with Crippen molar-refractivity contribution in [2.24, 2.45) is 0 Å². The molecule has 1 amide bonds. The van der Waals surface area contributed by atoms with Crippen LogP contribution >= 0.6 is 0 Å². The van der Waals surface area contributed by atoms with E-state index in [1.807, 2.05) is 19.9 Å². The lowest BCUT2D eigenvalue weighted by atomic mass is 9.83. The van der Waals surface area contributed by atoms with Gasteiger partial charge in [0.15, 0.2) is 14.6 Å². The molecule has 24 heavy (non-hydrogen) atoms. The lowest BCUT2D eigenvalue weighted by molar-refractivity contribution is -0.120. The standard InChI is InChI=1S/C18H20N2O3S/c1-13-7-9-15(10-8-13)24(22,23)18(11-4-12-18)17(21)20-16-6-3-5-14(2)19-16/h3,5-10H,4,11-12H2,1-2H3,(H,19,20,21). The highest BCUT2D eigenvalue weighted by molar-refractivity contribution is 7.93. The van der Waals surface area contributed by atoms with Crippen LogP contribution in [-0.4, -0.2) is 24.1 Å². The largest absolute Gasteiger partial charge is 0.309 e. The quantitative estimate of drug-likeness (QED) is 0.925. The number of pyridine rings is 1. The topological polar surface area (TPSA) is 76.1 Å². The average molecular weight is 344 g/mol. The summed E-state index contributed by atoms with van der Waals surface area (Å²) in [5.74, 6) is -0.113. The van der Waals surface area contributed by atoms with E-state index in [1.165, 1.54) is 0 Å². The van der Waals surface area contributed by atoms with Gasteiger partial charge in [-0.05, 0) is 57.4 Å². The Bertz CT molecular complexity index is 869. The Hall–Kier alpha value is -2.21. The number of amides is 1. The van der Waals surface area contributed by atoms with Crippen LogP contribution in [0.25, 0.3) is 0 Å². The summed E-state index contributed by atoms with van der Waals surface area (Å²) in [4.78, 5) is 17.2. The summed E-state index contributed by atoms with van der Waals surface area (Å²) in [6, 6.07) is 11.9. The number of nitrogens with zero attached hydrogens (tertiary/aromatic N) is 1. The van der Waals surface area contributed by atoms with Gasteiger partial charge in [-0.1, -0.05) is 23.8 Å². The number of anilines is 1. The number of carbonyl (C=O) groups excluding carboxylic acids is 1. The normalized spacial score (nSPS) is 16.2. The Morgan fingerprint density at radius 2 is 1.75 bits per heavy atom. The third kappa shape index (κ3) is 2.71. The van der Waals surface area contributed by atoms with Crippen LogP contribution in [0.5, 0.6) is 0 Å². The highest BCUT2D eigenvalue weighted by Gasteiger charge is 2.55. The maximum Gasteiger partial charge on any atom is 0.247 e. The molecule has 1 saturated carbocycles. The summed E-state index contributed by atoms with van der Waals surface area (Å²) in [5.41, 5.74) is 1.74. The van der Waals surface area contributed by atoms with E-state index in [2.05, 4.69) is 10.3 Å². The molecular weight excluding hydrogens is 324 g/mol. The number of hydrogen-bond donors (Lipinski definition) is 1. The molecule has 1 aromatic heterocycles. The van der Waals surface area contributed by atoms with Crippen LogP contribution in [-0.2, 0) is 14.6 Å². The minimum Gasteiger partial charge on any atom is -0.309 e. The SMILES string of the molecule is Cc1ccc(S(=O)(=O)C2(C(=O)Nc3cccc(C)n3)CCC2)cc1. The molecule has 0 saturated heterocycles. The maximum absolute atomic E-state index is 13.1. The van der Waals surface area contributed by atoms with Gasteiger partial charge in [-0.3, -0.25) is 4.79 Å². The predicted molar refractivity (Wildman–Crippen MR) is 92.6 cm³/mol. The zero-order valence-corrected chi connectivity index (χ0v) is 14.6. The minimum atomic E-state index is -3.75. The number of benzene rings is 1. The van der Waals surface area contributed by atoms with Crippen LogP contribution in [0.15, 0.2) is 47.4 Å². The summed E-state index contributed by atoms with van der Waals surface area (Å²) in [6.45, 7) is 3.71. The molecule has 5 nitrogen and oxygen atoms in total. The van der Waals surface area contributed by atoms with Gasteiger partial charge in [0.1, 0.15) is 5.82 Å². The van der Waals surface area contributed by atoms with Gasteiger partial charge in [0.2, 0.25) is 5.91 Å². The van der Waals surface area contributed by atoms with Crippen LogP contribution in [0.4, 0.5) is 5.82 Å². The highest BCUT2D eigenvalue weighted by Crippen LogP contribution is 2.43. The molecule has 3 rings (SSSR count). The summed E-state index contributed by atoms with van der Waals surface area (Å²) in [5, 5.41) is 2.68. The van der Waals surface area contributed by atoms with Gasteiger partial charge in [-0.2, -0.15) is 0 Å². The first-order valence-electron chi connectivity index (χ1n) is 7.92. The van der Waals surface area contributed by atoms with E-state index in [1.54, 1.807) is 36.4 Å². The van der Waals surface area contributed by atoms with Crippen molar-refractivity contribution in [2.75, 3.05) is 5.32 Å². The smallest absolute Gasteiger partial charge is 0.247 e. The second-order valence-corrected chi connectivity index (χ2v) is 8.54. The van der Waals surface area contributed by atoms with Crippen LogP contribution < -0.4 is 5.32 Å². The Morgan fingerprint density at radius 1 is 1.08 bits per heavy atom. The molecule has 1 N–H and O–H groups in total. The first-order chi connectivity index (χ1) is 11.3. The molecule has 0 atom stereocenters. The van der Waals surface area contributed by atoms with Crippen molar-refractivity contribution in [3.63, 3.8) is 0 Å². The number of sulfone groups is 1. The fraction of sp³-hybridized carbons (Fsp3) is 0.333. The van der Waals surface area contributed by atoms with Crippen LogP contribution in [0.3, 0.4) is 0 Å². The molecule has 0 aliphatic heterocycles. The molecule has 1 fully saturated rings. The van der Waals surface area contributed by atoms with Crippen molar-refractivity contribution in [3.05, 3.63) is 53.7 Å². The second kappa shape index (κ2) is 6.02. The zero-order valence-electron chi connectivity index (χ0n) is 13.7. The van der Waals surface area contributed by atoms with Crippen molar-refractivity contribution in [1.82, 2.24) is 4.98 Å². The van der Waals surface area contributed by atoms with Crippen molar-refractivity contribution in [1.29, 1.82) is 0 Å². The lowest BCUT2D eigenvalue weighted by Crippen LogP contribution is -2.54. The number of hydrogen-bond acceptors (Lipinski definition) is 4. The summed E-state index contributed by atoms with van der Waals surface area (Å²) in [7, 11) is -3.75. The highest BCUT2D eigenvalue weighted by atomic mass is 32.2. The Morgan fingerprint density at radius 3 is 2.29 bits per heavy atom. The Labute approximate surface area is 142 Å². The van der Waals surface area contributed by atoms with Crippen LogP contribution in [0.2, 0.25) is 0 Å². The van der Waals surface area contributed by atoms with E-state index in [-0.39, 0.29) is 4.90 Å². The summed E-state index contributed by atoms with van der Waals surface area (Å²) in [6.07, 6.45) is 1.39. The molecule has 0 bridgehead atoms. The lowest BCUT2D eigenvalue weighted by Gasteiger charge is -2.39. The molecule has 0 spiro atoms. The molecular formula is C18H20N2O3S. The number of rotatable bonds is 4. The molecule has 1 heterocycles. The zero-order chi connectivity index (χ0) is 17.4. The second-order valence-electron chi connectivity index (χ2n) is 6.28. The van der Waals surface area contributed by atoms with E-state index in [4.69, 9.17) is 0 Å². The van der Waals surface area contributed by atoms with E-state index in [0.29, 0.717) is 18.7 Å². The molecule has 0 radical (unpaired) electrons. The average Bonchev–Trinajstić information content (AvgIpc) is 2.46. The Kier molecular flexibility index (Phi) is 4.17. The van der Waals surface area contributed by atoms with E-state index in [9.17, 15) is 13.2 Å². The van der Waals surface area contributed by atoms with E-state index >= 15 is 0 Å². The monoisotopic (exact) mass is 344 g/mol. The maximum atomic E-state index is 13.1. The number of aromatic nitrogens is 1. The first-order valence-corrected chi connectivity index (χ1v) is 9.40. The molecule has 1 aliphatic carbocycles. The van der Waals surface area contributed by atoms with Gasteiger partial charge in [0.25, 0.3) is 0 Å². The van der Waals surface area contributed by atoms with Gasteiger partial charge >= 0.3 is 0 Å². The van der Waals surface area contributed by atoms with Gasteiger partial charge in [0, 0.05) is 5.69 Å². The molecule has 6 heteroatoms. The molecule has 1 aliphatic rings. The van der Waals surface area contributed by atoms with Crippen molar-refractivity contribution >= 4 is 21.6 Å². The third-order valence-corrected chi connectivity index (χ3v) is 7.07. The Balaban J connectivity index is 1.93. The third-order valence-electron chi connectivity index (χ3n) is 4.55. The van der Waals surface area contributed by atoms with E-state index in [0.717, 1.165) is 17.7 Å². The predicted octanol–water partition coefficient (Wildman–Crippen LogP) is 3.03. The fourth-order valence-corrected chi connectivity index (χ4v) is 4.97. The van der Waals surface area contributed by atoms with Crippen molar-refractivity contribution < 1.29 is 13.2 Å². The number of carbonyl (C=O) groups is 1. The van der Waals surface area contributed by atoms with Crippen LogP contribution in [0, 0.1) is 13.8 Å². The first kappa shape index (κ1) is 16.6. The number of aryl methyl sites for hydroxylation is 2. The number of nitrogens with one attached hydrogen (secondary N) is 1. The summed E-state index contributed by atoms with van der Waals surface area (Å²) >= 11 is 0. The van der Waals surface area contributed by atoms with Crippen LogP contribution in [0.1, 0.15) is 30.5 Å². The minimum absolute atomic E-state index is 0.195. The molecule has 0 unspecified atom stereocenters. The fourth-order valence-electron chi connectivity index (χ4n) is 2.90. The summed E-state index contributed by atoms with van der Waals surface area (Å²) < 4.78 is 24.7.